The molecule has 0 radical (unpaired) electrons. The van der Waals surface area contributed by atoms with Gasteiger partial charge in [-0.15, -0.1) is 0 Å². The molecule has 2 nitrogen and oxygen atoms in total. The van der Waals surface area contributed by atoms with Crippen LogP contribution in [0, 0.1) is 0 Å². The van der Waals surface area contributed by atoms with Gasteiger partial charge in [0.15, 0.2) is 0 Å². The van der Waals surface area contributed by atoms with Crippen molar-refractivity contribution in [2.75, 3.05) is 4.90 Å². The summed E-state index contributed by atoms with van der Waals surface area (Å²) in [6.45, 7) is 0.136. The second-order valence-electron chi connectivity index (χ2n) is 12.1. The molecule has 0 unspecified atom stereocenters. The van der Waals surface area contributed by atoms with Crippen LogP contribution in [-0.4, -0.2) is 20.0 Å². The van der Waals surface area contributed by atoms with E-state index in [1.807, 2.05) is 24.3 Å². The number of para-hydroxylation sites is 4. The molecule has 2 heterocycles. The quantitative estimate of drug-likeness (QED) is 0.235. The van der Waals surface area contributed by atoms with Crippen LogP contribution in [0.3, 0.4) is 0 Å². The molecule has 7 aromatic rings. The summed E-state index contributed by atoms with van der Waals surface area (Å²) in [5.74, 6) is 1.73. The van der Waals surface area contributed by atoms with Gasteiger partial charge in [0.2, 0.25) is 0 Å². The molecule has 0 saturated heterocycles. The molecule has 2 aliphatic heterocycles. The molecule has 4 heteroatoms. The number of fused-ring (bicyclic) bond motifs is 4. The minimum atomic E-state index is -3.34. The average Bonchev–Trinajstić information content (AvgIpc) is 3.14. The zero-order valence-corrected chi connectivity index (χ0v) is 27.4. The van der Waals surface area contributed by atoms with Crippen molar-refractivity contribution in [2.24, 2.45) is 0 Å². The fourth-order valence-corrected chi connectivity index (χ4v) is 18.9. The fourth-order valence-electron chi connectivity index (χ4n) is 7.82. The van der Waals surface area contributed by atoms with E-state index >= 15 is 0 Å². The molecule has 216 valence electrons. The van der Waals surface area contributed by atoms with Gasteiger partial charge >= 0.3 is 274 Å². The van der Waals surface area contributed by atoms with Crippen molar-refractivity contribution in [2.45, 2.75) is 0 Å². The first-order valence-electron chi connectivity index (χ1n) is 15.9. The molecular formula is C42H30BGeNO. The molecule has 2 aliphatic rings. The van der Waals surface area contributed by atoms with Crippen LogP contribution in [0.2, 0.25) is 0 Å². The first-order chi connectivity index (χ1) is 22.8. The summed E-state index contributed by atoms with van der Waals surface area (Å²) in [4.78, 5) is 2.31. The van der Waals surface area contributed by atoms with Gasteiger partial charge in [0, 0.05) is 0 Å². The Hall–Kier alpha value is -5.25. The van der Waals surface area contributed by atoms with Gasteiger partial charge in [-0.25, -0.2) is 0 Å². The van der Waals surface area contributed by atoms with E-state index in [0.717, 1.165) is 28.6 Å². The van der Waals surface area contributed by atoms with E-state index in [9.17, 15) is 0 Å². The van der Waals surface area contributed by atoms with Crippen molar-refractivity contribution in [1.29, 1.82) is 0 Å². The van der Waals surface area contributed by atoms with E-state index in [4.69, 9.17) is 4.74 Å². The molecule has 7 aromatic carbocycles. The van der Waals surface area contributed by atoms with Crippen LogP contribution in [0.5, 0.6) is 11.5 Å². The zero-order chi connectivity index (χ0) is 30.5. The first kappa shape index (κ1) is 27.1. The standard InChI is InChI=1S/C42H30BGeNO/c1-3-15-32(16-4-1)44(33-17-5-2-6-18-33)37-21-9-7-19-35(37)43(36-20-8-10-22-38(36)44)31-27-29-34(30-28-31)45-39-23-11-13-25-41(39)46-42-26-14-12-24-40(42)45/h1-30H. The van der Waals surface area contributed by atoms with E-state index in [0.29, 0.717) is 0 Å². The number of rotatable bonds is 4. The van der Waals surface area contributed by atoms with Gasteiger partial charge in [-0.1, -0.05) is 0 Å². The van der Waals surface area contributed by atoms with Crippen LogP contribution in [0.25, 0.3) is 0 Å². The molecule has 9 rings (SSSR count). The van der Waals surface area contributed by atoms with E-state index in [-0.39, 0.29) is 6.71 Å². The number of benzene rings is 7. The maximum atomic E-state index is 6.28. The van der Waals surface area contributed by atoms with Gasteiger partial charge in [0.1, 0.15) is 0 Å². The number of anilines is 3. The van der Waals surface area contributed by atoms with Crippen molar-refractivity contribution in [3.63, 3.8) is 0 Å². The Morgan fingerprint density at radius 2 is 0.848 bits per heavy atom. The molecule has 0 aromatic heterocycles. The van der Waals surface area contributed by atoms with Crippen LogP contribution in [0.15, 0.2) is 182 Å². The minimum absolute atomic E-state index is 0.136. The number of ether oxygens (including phenoxy) is 1. The molecule has 0 N–H and O–H groups in total. The second kappa shape index (κ2) is 11.0. The normalized spacial score (nSPS) is 13.9. The Bertz CT molecular complexity index is 2070. The zero-order valence-electron chi connectivity index (χ0n) is 25.3. The first-order valence-corrected chi connectivity index (χ1v) is 20.1. The van der Waals surface area contributed by atoms with Crippen molar-refractivity contribution in [3.05, 3.63) is 182 Å². The van der Waals surface area contributed by atoms with Crippen LogP contribution < -0.4 is 43.6 Å². The fraction of sp³-hybridized carbons (Fsp3) is 0. The number of nitrogens with zero attached hydrogens (tertiary/aromatic N) is 1. The molecular weight excluding hydrogens is 618 g/mol. The van der Waals surface area contributed by atoms with Gasteiger partial charge in [-0.05, 0) is 0 Å². The Morgan fingerprint density at radius 1 is 0.413 bits per heavy atom. The Morgan fingerprint density at radius 3 is 1.37 bits per heavy atom. The maximum absolute atomic E-state index is 6.28. The Kier molecular flexibility index (Phi) is 6.46. The van der Waals surface area contributed by atoms with Gasteiger partial charge in [-0.3, -0.25) is 0 Å². The predicted octanol–water partition coefficient (Wildman–Crippen LogP) is 5.47. The summed E-state index contributed by atoms with van der Waals surface area (Å²) < 4.78 is 12.2. The van der Waals surface area contributed by atoms with Crippen molar-refractivity contribution in [3.8, 4) is 11.5 Å². The van der Waals surface area contributed by atoms with Crippen LogP contribution in [-0.2, 0) is 0 Å². The molecule has 0 saturated carbocycles. The van der Waals surface area contributed by atoms with Crippen LogP contribution >= 0.6 is 0 Å². The van der Waals surface area contributed by atoms with Gasteiger partial charge in [-0.2, -0.15) is 0 Å². The Labute approximate surface area is 273 Å². The monoisotopic (exact) mass is 649 g/mol. The summed E-state index contributed by atoms with van der Waals surface area (Å²) in [5, 5.41) is 0. The summed E-state index contributed by atoms with van der Waals surface area (Å²) >= 11 is -3.34. The third-order valence-electron chi connectivity index (χ3n) is 9.68. The predicted molar refractivity (Wildman–Crippen MR) is 196 cm³/mol. The summed E-state index contributed by atoms with van der Waals surface area (Å²) in [7, 11) is 0. The average molecular weight is 648 g/mol. The number of hydrogen-bond donors (Lipinski definition) is 0. The SMILES string of the molecule is c1cc[c]([Ge]2([c]3ccccc3)[c]3ccccc3B(c3ccc(N4c5ccccc5Oc5ccccc54)cc3)c3cccc[c]32)cc1. The number of hydrogen-bond acceptors (Lipinski definition) is 2. The summed E-state index contributed by atoms with van der Waals surface area (Å²) in [6.07, 6.45) is 0. The van der Waals surface area contributed by atoms with Gasteiger partial charge in [0.05, 0.1) is 0 Å². The van der Waals surface area contributed by atoms with Crippen molar-refractivity contribution in [1.82, 2.24) is 0 Å². The summed E-state index contributed by atoms with van der Waals surface area (Å²) in [5.41, 5.74) is 7.35. The van der Waals surface area contributed by atoms with E-state index < -0.39 is 13.3 Å². The Balaban J connectivity index is 1.23. The molecule has 0 spiro atoms. The van der Waals surface area contributed by atoms with E-state index in [1.54, 1.807) is 0 Å². The van der Waals surface area contributed by atoms with E-state index in [2.05, 4.69) is 163 Å². The summed E-state index contributed by atoms with van der Waals surface area (Å²) in [6, 6.07) is 66.9. The topological polar surface area (TPSA) is 12.5 Å². The molecule has 46 heavy (non-hydrogen) atoms. The van der Waals surface area contributed by atoms with Crippen molar-refractivity contribution < 1.29 is 4.74 Å². The molecule has 0 bridgehead atoms. The molecule has 0 aliphatic carbocycles. The second-order valence-corrected chi connectivity index (χ2v) is 19.9. The third kappa shape index (κ3) is 4.05. The van der Waals surface area contributed by atoms with Crippen molar-refractivity contribution >= 4 is 71.0 Å². The van der Waals surface area contributed by atoms with Gasteiger partial charge < -0.3 is 0 Å². The molecule has 0 amide bonds. The van der Waals surface area contributed by atoms with Crippen LogP contribution in [0.4, 0.5) is 17.1 Å². The van der Waals surface area contributed by atoms with Gasteiger partial charge in [0.25, 0.3) is 0 Å². The molecule has 0 atom stereocenters. The third-order valence-corrected chi connectivity index (χ3v) is 20.0. The van der Waals surface area contributed by atoms with Crippen LogP contribution in [0.1, 0.15) is 0 Å². The van der Waals surface area contributed by atoms with E-state index in [1.165, 1.54) is 34.0 Å². The molecule has 0 fully saturated rings.